The maximum absolute atomic E-state index is 12.3. The molecule has 3 aromatic rings. The number of benzene rings is 1. The Morgan fingerprint density at radius 1 is 1.27 bits per heavy atom. The van der Waals surface area contributed by atoms with Crippen molar-refractivity contribution in [3.63, 3.8) is 0 Å². The number of thiazole rings is 1. The van der Waals surface area contributed by atoms with Crippen LogP contribution in [0.4, 0.5) is 0 Å². The van der Waals surface area contributed by atoms with Gasteiger partial charge in [0, 0.05) is 23.4 Å². The molecule has 0 atom stereocenters. The highest BCUT2D eigenvalue weighted by atomic mass is 79.9. The molecule has 112 valence electrons. The molecule has 0 spiro atoms. The molecule has 6 heteroatoms. The third-order valence-corrected chi connectivity index (χ3v) is 4.88. The van der Waals surface area contributed by atoms with Crippen molar-refractivity contribution in [2.24, 2.45) is 0 Å². The third-order valence-electron chi connectivity index (χ3n) is 3.18. The van der Waals surface area contributed by atoms with Crippen LogP contribution in [0.25, 0.3) is 5.13 Å². The Morgan fingerprint density at radius 2 is 1.95 bits per heavy atom. The van der Waals surface area contributed by atoms with E-state index in [-0.39, 0.29) is 5.91 Å². The maximum Gasteiger partial charge on any atom is 0.263 e. The minimum Gasteiger partial charge on any atom is -0.347 e. The van der Waals surface area contributed by atoms with E-state index >= 15 is 0 Å². The van der Waals surface area contributed by atoms with Gasteiger partial charge in [0.25, 0.3) is 5.91 Å². The molecule has 1 aromatic carbocycles. The second-order valence-corrected chi connectivity index (χ2v) is 6.70. The molecule has 2 aromatic heterocycles. The lowest BCUT2D eigenvalue weighted by Gasteiger charge is -2.04. The standard InChI is InChI=1S/C16H14BrN3OS/c1-11-14(22-16(19-11)20-8-2-3-9-20)15(21)18-10-12-4-6-13(17)7-5-12/h2-9H,10H2,1H3,(H,18,21). The molecule has 0 saturated carbocycles. The number of aromatic nitrogens is 2. The number of carbonyl (C=O) groups is 1. The number of rotatable bonds is 4. The van der Waals surface area contributed by atoms with Gasteiger partial charge >= 0.3 is 0 Å². The van der Waals surface area contributed by atoms with E-state index in [1.807, 2.05) is 60.3 Å². The van der Waals surface area contributed by atoms with E-state index in [0.29, 0.717) is 11.4 Å². The molecule has 22 heavy (non-hydrogen) atoms. The summed E-state index contributed by atoms with van der Waals surface area (Å²) in [4.78, 5) is 17.4. The summed E-state index contributed by atoms with van der Waals surface area (Å²) in [5.74, 6) is -0.0867. The molecule has 0 bridgehead atoms. The molecule has 0 fully saturated rings. The normalized spacial score (nSPS) is 10.6. The van der Waals surface area contributed by atoms with Crippen molar-refractivity contribution >= 4 is 33.2 Å². The Labute approximate surface area is 140 Å². The van der Waals surface area contributed by atoms with Gasteiger partial charge in [-0.3, -0.25) is 4.79 Å². The van der Waals surface area contributed by atoms with Gasteiger partial charge in [-0.25, -0.2) is 4.98 Å². The Balaban J connectivity index is 1.71. The van der Waals surface area contributed by atoms with Crippen molar-refractivity contribution in [2.75, 3.05) is 0 Å². The summed E-state index contributed by atoms with van der Waals surface area (Å²) in [7, 11) is 0. The minimum absolute atomic E-state index is 0.0867. The van der Waals surface area contributed by atoms with Crippen LogP contribution >= 0.6 is 27.3 Å². The van der Waals surface area contributed by atoms with Crippen molar-refractivity contribution in [1.82, 2.24) is 14.9 Å². The van der Waals surface area contributed by atoms with E-state index < -0.39 is 0 Å². The van der Waals surface area contributed by atoms with Crippen molar-refractivity contribution in [1.29, 1.82) is 0 Å². The molecule has 0 aliphatic heterocycles. The number of hydrogen-bond donors (Lipinski definition) is 1. The summed E-state index contributed by atoms with van der Waals surface area (Å²) in [6.07, 6.45) is 3.84. The SMILES string of the molecule is Cc1nc(-n2cccc2)sc1C(=O)NCc1ccc(Br)cc1. The summed E-state index contributed by atoms with van der Waals surface area (Å²) >= 11 is 4.79. The van der Waals surface area contributed by atoms with Crippen LogP contribution in [0.5, 0.6) is 0 Å². The average molecular weight is 376 g/mol. The van der Waals surface area contributed by atoms with Crippen LogP contribution in [0.2, 0.25) is 0 Å². The van der Waals surface area contributed by atoms with Gasteiger partial charge < -0.3 is 9.88 Å². The first-order chi connectivity index (χ1) is 10.6. The largest absolute Gasteiger partial charge is 0.347 e. The molecule has 3 rings (SSSR count). The van der Waals surface area contributed by atoms with E-state index in [2.05, 4.69) is 26.2 Å². The van der Waals surface area contributed by atoms with Gasteiger partial charge in [-0.15, -0.1) is 0 Å². The minimum atomic E-state index is -0.0867. The Hall–Kier alpha value is -1.92. The van der Waals surface area contributed by atoms with Crippen molar-refractivity contribution < 1.29 is 4.79 Å². The first-order valence-electron chi connectivity index (χ1n) is 6.77. The lowest BCUT2D eigenvalue weighted by atomic mass is 10.2. The fourth-order valence-corrected chi connectivity index (χ4v) is 3.25. The van der Waals surface area contributed by atoms with Gasteiger partial charge in [-0.05, 0) is 36.8 Å². The monoisotopic (exact) mass is 375 g/mol. The van der Waals surface area contributed by atoms with Crippen LogP contribution in [0.1, 0.15) is 20.9 Å². The summed E-state index contributed by atoms with van der Waals surface area (Å²) < 4.78 is 2.93. The van der Waals surface area contributed by atoms with E-state index in [1.54, 1.807) is 0 Å². The van der Waals surface area contributed by atoms with Gasteiger partial charge in [0.15, 0.2) is 5.13 Å². The number of nitrogens with one attached hydrogen (secondary N) is 1. The predicted molar refractivity (Wildman–Crippen MR) is 91.5 cm³/mol. The van der Waals surface area contributed by atoms with E-state index in [1.165, 1.54) is 11.3 Å². The van der Waals surface area contributed by atoms with Crippen LogP contribution in [-0.2, 0) is 6.54 Å². The molecule has 0 aliphatic carbocycles. The van der Waals surface area contributed by atoms with Crippen molar-refractivity contribution in [2.45, 2.75) is 13.5 Å². The second-order valence-electron chi connectivity index (χ2n) is 4.81. The van der Waals surface area contributed by atoms with Crippen LogP contribution in [-0.4, -0.2) is 15.5 Å². The highest BCUT2D eigenvalue weighted by Crippen LogP contribution is 2.21. The Kier molecular flexibility index (Phi) is 4.40. The summed E-state index contributed by atoms with van der Waals surface area (Å²) in [6, 6.07) is 11.8. The summed E-state index contributed by atoms with van der Waals surface area (Å²) in [5, 5.41) is 3.74. The van der Waals surface area contributed by atoms with E-state index in [0.717, 1.165) is 20.9 Å². The van der Waals surface area contributed by atoms with Crippen LogP contribution < -0.4 is 5.32 Å². The molecule has 1 amide bonds. The smallest absolute Gasteiger partial charge is 0.263 e. The fraction of sp³-hybridized carbons (Fsp3) is 0.125. The fourth-order valence-electron chi connectivity index (χ4n) is 2.03. The number of nitrogens with zero attached hydrogens (tertiary/aromatic N) is 2. The van der Waals surface area contributed by atoms with Crippen LogP contribution in [0.3, 0.4) is 0 Å². The number of amides is 1. The quantitative estimate of drug-likeness (QED) is 0.750. The molecule has 0 aliphatic rings. The van der Waals surface area contributed by atoms with Gasteiger partial charge in [-0.1, -0.05) is 39.4 Å². The highest BCUT2D eigenvalue weighted by molar-refractivity contribution is 9.10. The molecule has 1 N–H and O–H groups in total. The van der Waals surface area contributed by atoms with E-state index in [9.17, 15) is 4.79 Å². The number of carbonyl (C=O) groups excluding carboxylic acids is 1. The molecule has 4 nitrogen and oxygen atoms in total. The molecule has 2 heterocycles. The zero-order chi connectivity index (χ0) is 15.5. The lowest BCUT2D eigenvalue weighted by molar-refractivity contribution is 0.0954. The van der Waals surface area contributed by atoms with E-state index in [4.69, 9.17) is 0 Å². The zero-order valence-electron chi connectivity index (χ0n) is 11.9. The van der Waals surface area contributed by atoms with Gasteiger partial charge in [-0.2, -0.15) is 0 Å². The topological polar surface area (TPSA) is 46.9 Å². The third kappa shape index (κ3) is 3.28. The first-order valence-corrected chi connectivity index (χ1v) is 8.38. The summed E-state index contributed by atoms with van der Waals surface area (Å²) in [5.41, 5.74) is 1.81. The first kappa shape index (κ1) is 15.0. The summed E-state index contributed by atoms with van der Waals surface area (Å²) in [6.45, 7) is 2.36. The molecule has 0 radical (unpaired) electrons. The van der Waals surface area contributed by atoms with Gasteiger partial charge in [0.1, 0.15) is 4.88 Å². The van der Waals surface area contributed by atoms with Gasteiger partial charge in [0.2, 0.25) is 0 Å². The maximum atomic E-state index is 12.3. The zero-order valence-corrected chi connectivity index (χ0v) is 14.3. The van der Waals surface area contributed by atoms with Crippen LogP contribution in [0.15, 0.2) is 53.3 Å². The number of halogens is 1. The Morgan fingerprint density at radius 3 is 2.64 bits per heavy atom. The molecule has 0 saturated heterocycles. The number of hydrogen-bond acceptors (Lipinski definition) is 3. The number of aryl methyl sites for hydroxylation is 1. The second kappa shape index (κ2) is 6.46. The van der Waals surface area contributed by atoms with Crippen LogP contribution in [0, 0.1) is 6.92 Å². The predicted octanol–water partition coefficient (Wildman–Crippen LogP) is 3.93. The van der Waals surface area contributed by atoms with Crippen molar-refractivity contribution in [3.05, 3.63) is 69.4 Å². The Bertz CT molecular complexity index is 778. The average Bonchev–Trinajstić information content (AvgIpc) is 3.15. The lowest BCUT2D eigenvalue weighted by Crippen LogP contribution is -2.22. The molecular weight excluding hydrogens is 362 g/mol. The highest BCUT2D eigenvalue weighted by Gasteiger charge is 2.15. The molecular formula is C16H14BrN3OS. The molecule has 0 unspecified atom stereocenters. The van der Waals surface area contributed by atoms with Gasteiger partial charge in [0.05, 0.1) is 5.69 Å². The van der Waals surface area contributed by atoms with Crippen molar-refractivity contribution in [3.8, 4) is 5.13 Å².